The molecule has 0 amide bonds. The highest BCUT2D eigenvalue weighted by molar-refractivity contribution is 5.97. The van der Waals surface area contributed by atoms with Crippen molar-refractivity contribution in [2.75, 3.05) is 0 Å². The van der Waals surface area contributed by atoms with Crippen LogP contribution in [0.4, 0.5) is 0 Å². The highest BCUT2D eigenvalue weighted by Crippen LogP contribution is 2.34. The fourth-order valence-corrected chi connectivity index (χ4v) is 6.59. The molecule has 9 rings (SSSR count). The fourth-order valence-electron chi connectivity index (χ4n) is 6.59. The van der Waals surface area contributed by atoms with Gasteiger partial charge in [-0.2, -0.15) is 0 Å². The van der Waals surface area contributed by atoms with Crippen LogP contribution in [0.3, 0.4) is 0 Å². The lowest BCUT2D eigenvalue weighted by molar-refractivity contribution is 1.18. The molecule has 3 heterocycles. The van der Waals surface area contributed by atoms with E-state index in [1.807, 2.05) is 18.5 Å². The Labute approximate surface area is 278 Å². The number of aromatic nitrogens is 4. The summed E-state index contributed by atoms with van der Waals surface area (Å²) in [4.78, 5) is 19.8. The van der Waals surface area contributed by atoms with Crippen molar-refractivity contribution in [3.8, 4) is 56.4 Å². The normalized spacial score (nSPS) is 11.3. The Balaban J connectivity index is 1.16. The smallest absolute Gasteiger partial charge is 0.160 e. The van der Waals surface area contributed by atoms with Crippen LogP contribution >= 0.6 is 0 Å². The van der Waals surface area contributed by atoms with Crippen LogP contribution in [0.15, 0.2) is 170 Å². The van der Waals surface area contributed by atoms with E-state index in [4.69, 9.17) is 19.9 Å². The average Bonchev–Trinajstić information content (AvgIpc) is 3.17. The van der Waals surface area contributed by atoms with Gasteiger partial charge in [-0.05, 0) is 39.7 Å². The molecule has 6 aromatic carbocycles. The van der Waals surface area contributed by atoms with Gasteiger partial charge in [-0.15, -0.1) is 0 Å². The van der Waals surface area contributed by atoms with Crippen LogP contribution in [-0.2, 0) is 0 Å². The summed E-state index contributed by atoms with van der Waals surface area (Å²) < 4.78 is 0. The maximum Gasteiger partial charge on any atom is 0.160 e. The first-order chi connectivity index (χ1) is 23.8. The molecule has 0 unspecified atom stereocenters. The molecule has 0 fully saturated rings. The molecule has 48 heavy (non-hydrogen) atoms. The van der Waals surface area contributed by atoms with Gasteiger partial charge in [0, 0.05) is 51.0 Å². The Kier molecular flexibility index (Phi) is 6.76. The highest BCUT2D eigenvalue weighted by Gasteiger charge is 2.14. The Morgan fingerprint density at radius 1 is 0.333 bits per heavy atom. The summed E-state index contributed by atoms with van der Waals surface area (Å²) in [5.74, 6) is 0.674. The second-order valence-electron chi connectivity index (χ2n) is 11.9. The third-order valence-electron chi connectivity index (χ3n) is 9.01. The lowest BCUT2D eigenvalue weighted by Crippen LogP contribution is -1.97. The van der Waals surface area contributed by atoms with E-state index in [1.54, 1.807) is 0 Å². The van der Waals surface area contributed by atoms with Crippen molar-refractivity contribution in [2.45, 2.75) is 0 Å². The number of rotatable bonds is 5. The molecule has 0 spiro atoms. The maximum absolute atomic E-state index is 5.16. The van der Waals surface area contributed by atoms with Gasteiger partial charge in [0.15, 0.2) is 5.82 Å². The molecule has 0 saturated heterocycles. The fraction of sp³-hybridized carbons (Fsp3) is 0. The minimum atomic E-state index is 0.674. The predicted octanol–water partition coefficient (Wildman–Crippen LogP) is 11.1. The minimum absolute atomic E-state index is 0.674. The van der Waals surface area contributed by atoms with Gasteiger partial charge >= 0.3 is 0 Å². The van der Waals surface area contributed by atoms with Crippen LogP contribution in [0.1, 0.15) is 0 Å². The zero-order valence-corrected chi connectivity index (χ0v) is 26.0. The molecule has 0 N–H and O–H groups in total. The number of fused-ring (bicyclic) bond motifs is 3. The number of pyridine rings is 2. The summed E-state index contributed by atoms with van der Waals surface area (Å²) in [7, 11) is 0. The van der Waals surface area contributed by atoms with Gasteiger partial charge in [-0.25, -0.2) is 9.97 Å². The summed E-state index contributed by atoms with van der Waals surface area (Å²) in [5, 5.41) is 6.95. The second kappa shape index (κ2) is 11.7. The molecule has 0 aliphatic carbocycles. The summed E-state index contributed by atoms with van der Waals surface area (Å²) in [6.07, 6.45) is 3.75. The SMILES string of the molecule is c1ccc2c(-c3cc(-c4ccc(-c5nccc6ccccc56)cc4)nc(-c4ccc(-c5nccc6ccccc56)cc4)n3)cccc2c1. The van der Waals surface area contributed by atoms with Crippen LogP contribution in [0, 0.1) is 0 Å². The van der Waals surface area contributed by atoms with Crippen molar-refractivity contribution < 1.29 is 0 Å². The van der Waals surface area contributed by atoms with Gasteiger partial charge in [0.25, 0.3) is 0 Å². The van der Waals surface area contributed by atoms with Crippen LogP contribution in [0.25, 0.3) is 88.7 Å². The lowest BCUT2D eigenvalue weighted by atomic mass is 9.99. The van der Waals surface area contributed by atoms with Crippen molar-refractivity contribution in [2.24, 2.45) is 0 Å². The predicted molar refractivity (Wildman–Crippen MR) is 197 cm³/mol. The molecule has 4 heteroatoms. The van der Waals surface area contributed by atoms with E-state index in [9.17, 15) is 0 Å². The zero-order chi connectivity index (χ0) is 31.9. The quantitative estimate of drug-likeness (QED) is 0.194. The van der Waals surface area contributed by atoms with E-state index in [-0.39, 0.29) is 0 Å². The van der Waals surface area contributed by atoms with E-state index >= 15 is 0 Å². The summed E-state index contributed by atoms with van der Waals surface area (Å²) >= 11 is 0. The van der Waals surface area contributed by atoms with Gasteiger partial charge in [0.05, 0.1) is 22.8 Å². The largest absolute Gasteiger partial charge is 0.256 e. The number of hydrogen-bond donors (Lipinski definition) is 0. The second-order valence-corrected chi connectivity index (χ2v) is 11.9. The average molecular weight is 613 g/mol. The molecule has 0 saturated carbocycles. The van der Waals surface area contributed by atoms with Crippen LogP contribution in [-0.4, -0.2) is 19.9 Å². The van der Waals surface area contributed by atoms with E-state index < -0.39 is 0 Å². The third-order valence-corrected chi connectivity index (χ3v) is 9.01. The van der Waals surface area contributed by atoms with Crippen LogP contribution in [0.2, 0.25) is 0 Å². The molecule has 3 aromatic heterocycles. The molecular formula is C44H28N4. The van der Waals surface area contributed by atoms with Crippen molar-refractivity contribution >= 4 is 32.3 Å². The molecule has 0 radical (unpaired) electrons. The maximum atomic E-state index is 5.16. The summed E-state index contributed by atoms with van der Waals surface area (Å²) in [6.45, 7) is 0. The molecule has 0 atom stereocenters. The van der Waals surface area contributed by atoms with Crippen molar-refractivity contribution in [3.05, 3.63) is 170 Å². The highest BCUT2D eigenvalue weighted by atomic mass is 14.9. The molecule has 4 nitrogen and oxygen atoms in total. The minimum Gasteiger partial charge on any atom is -0.256 e. The van der Waals surface area contributed by atoms with Crippen molar-refractivity contribution in [3.63, 3.8) is 0 Å². The number of hydrogen-bond acceptors (Lipinski definition) is 4. The molecule has 0 aliphatic heterocycles. The van der Waals surface area contributed by atoms with Gasteiger partial charge in [0.1, 0.15) is 0 Å². The van der Waals surface area contributed by atoms with Gasteiger partial charge in [-0.3, -0.25) is 9.97 Å². The Bertz CT molecular complexity index is 2450. The Morgan fingerprint density at radius 3 is 1.40 bits per heavy atom. The molecule has 0 aliphatic rings. The topological polar surface area (TPSA) is 51.6 Å². The molecule has 224 valence electrons. The molecular weight excluding hydrogens is 585 g/mol. The monoisotopic (exact) mass is 612 g/mol. The molecule has 0 bridgehead atoms. The van der Waals surface area contributed by atoms with Crippen molar-refractivity contribution in [1.82, 2.24) is 19.9 Å². The standard InChI is InChI=1S/C44H28N4/c1-4-12-36-29(8-1)11-7-15-39(36)41-28-40(32-16-18-33(19-17-32)42-37-13-5-2-9-30(37)24-26-45-42)47-44(48-41)35-22-20-34(21-23-35)43-38-14-6-3-10-31(38)25-27-46-43/h1-28H. The van der Waals surface area contributed by atoms with Gasteiger partial charge < -0.3 is 0 Å². The summed E-state index contributed by atoms with van der Waals surface area (Å²) in [5.41, 5.74) is 8.83. The van der Waals surface area contributed by atoms with E-state index in [0.29, 0.717) is 5.82 Å². The first-order valence-electron chi connectivity index (χ1n) is 16.0. The van der Waals surface area contributed by atoms with Gasteiger partial charge in [-0.1, -0.05) is 140 Å². The Morgan fingerprint density at radius 2 is 0.792 bits per heavy atom. The number of benzene rings is 6. The molecule has 9 aromatic rings. The third kappa shape index (κ3) is 4.97. The van der Waals surface area contributed by atoms with E-state index in [1.165, 1.54) is 16.2 Å². The first-order valence-corrected chi connectivity index (χ1v) is 16.0. The van der Waals surface area contributed by atoms with Gasteiger partial charge in [0.2, 0.25) is 0 Å². The van der Waals surface area contributed by atoms with Crippen molar-refractivity contribution in [1.29, 1.82) is 0 Å². The number of nitrogens with zero attached hydrogens (tertiary/aromatic N) is 4. The van der Waals surface area contributed by atoms with E-state index in [2.05, 4.69) is 152 Å². The van der Waals surface area contributed by atoms with E-state index in [0.717, 1.165) is 66.8 Å². The summed E-state index contributed by atoms with van der Waals surface area (Å²) in [6, 6.07) is 54.7. The lowest BCUT2D eigenvalue weighted by Gasteiger charge is -2.12. The van der Waals surface area contributed by atoms with Crippen LogP contribution in [0.5, 0.6) is 0 Å². The zero-order valence-electron chi connectivity index (χ0n) is 26.0. The van der Waals surface area contributed by atoms with Crippen LogP contribution < -0.4 is 0 Å². The first kappa shape index (κ1) is 27.8. The Hall–Kier alpha value is -6.52.